The molecule has 2 heterocycles. The van der Waals surface area contributed by atoms with Gasteiger partial charge in [0.1, 0.15) is 18.1 Å². The van der Waals surface area contributed by atoms with E-state index < -0.39 is 35.5 Å². The second kappa shape index (κ2) is 11.0. The number of benzene rings is 2. The smallest absolute Gasteiger partial charge is 0.339 e. The molecule has 194 valence electrons. The Morgan fingerprint density at radius 3 is 2.58 bits per heavy atom. The molecule has 0 atom stereocenters. The predicted octanol–water partition coefficient (Wildman–Crippen LogP) is 5.07. The summed E-state index contributed by atoms with van der Waals surface area (Å²) in [6.45, 7) is 1.21. The number of aryl methyl sites for hydroxylation is 1. The van der Waals surface area contributed by atoms with Crippen LogP contribution in [0.2, 0.25) is 5.02 Å². The van der Waals surface area contributed by atoms with Gasteiger partial charge in [0, 0.05) is 17.3 Å². The molecule has 12 heteroatoms. The zero-order chi connectivity index (χ0) is 27.6. The van der Waals surface area contributed by atoms with Gasteiger partial charge in [-0.05, 0) is 66.7 Å². The van der Waals surface area contributed by atoms with E-state index in [1.165, 1.54) is 43.5 Å². The third-order valence-corrected chi connectivity index (χ3v) is 6.71. The first kappa shape index (κ1) is 26.7. The lowest BCUT2D eigenvalue weighted by molar-refractivity contribution is -0.127. The monoisotopic (exact) mass is 554 g/mol. The van der Waals surface area contributed by atoms with Crippen molar-refractivity contribution in [1.82, 2.24) is 4.90 Å². The van der Waals surface area contributed by atoms with Crippen molar-refractivity contribution in [2.75, 3.05) is 19.0 Å². The molecule has 3 aromatic rings. The quantitative estimate of drug-likeness (QED) is 0.302. The summed E-state index contributed by atoms with van der Waals surface area (Å²) >= 11 is 6.64. The first-order chi connectivity index (χ1) is 18.1. The van der Waals surface area contributed by atoms with Crippen molar-refractivity contribution in [1.29, 1.82) is 0 Å². The van der Waals surface area contributed by atoms with Gasteiger partial charge >= 0.3 is 11.9 Å². The summed E-state index contributed by atoms with van der Waals surface area (Å²) in [5.41, 5.74) is 1.80. The van der Waals surface area contributed by atoms with Crippen LogP contribution < -0.4 is 5.32 Å². The highest BCUT2D eigenvalue weighted by atomic mass is 35.5. The number of nitrogens with zero attached hydrogens (tertiary/aromatic N) is 1. The highest BCUT2D eigenvalue weighted by Gasteiger charge is 2.36. The van der Waals surface area contributed by atoms with Gasteiger partial charge in [-0.15, -0.1) is 0 Å². The molecule has 1 aromatic heterocycles. The van der Waals surface area contributed by atoms with Crippen molar-refractivity contribution in [2.24, 2.45) is 0 Å². The number of carboxylic acid groups (broad SMARTS) is 1. The molecular formula is C26H19ClN2O8S. The molecule has 4 rings (SSSR count). The summed E-state index contributed by atoms with van der Waals surface area (Å²) < 4.78 is 10.4. The Morgan fingerprint density at radius 1 is 1.13 bits per heavy atom. The first-order valence-electron chi connectivity index (χ1n) is 10.9. The Hall–Kier alpha value is -4.35. The highest BCUT2D eigenvalue weighted by Crippen LogP contribution is 2.34. The minimum absolute atomic E-state index is 0.0481. The average Bonchev–Trinajstić information content (AvgIpc) is 3.44. The Labute approximate surface area is 225 Å². The van der Waals surface area contributed by atoms with Crippen molar-refractivity contribution < 1.29 is 38.2 Å². The van der Waals surface area contributed by atoms with Crippen LogP contribution in [0.15, 0.2) is 57.9 Å². The van der Waals surface area contributed by atoms with Crippen LogP contribution in [-0.4, -0.2) is 52.7 Å². The summed E-state index contributed by atoms with van der Waals surface area (Å²) in [6, 6.07) is 12.1. The number of methoxy groups -OCH3 is 1. The number of thioether (sulfide) groups is 1. The number of carbonyl (C=O) groups excluding carboxylic acids is 4. The second-order valence-corrected chi connectivity index (χ2v) is 9.44. The second-order valence-electron chi connectivity index (χ2n) is 8.04. The number of amides is 3. The fourth-order valence-electron chi connectivity index (χ4n) is 3.63. The molecule has 38 heavy (non-hydrogen) atoms. The van der Waals surface area contributed by atoms with E-state index in [-0.39, 0.29) is 26.7 Å². The van der Waals surface area contributed by atoms with Crippen LogP contribution in [0.25, 0.3) is 17.4 Å². The lowest BCUT2D eigenvalue weighted by Gasteiger charge is -2.13. The number of ether oxygens (including phenoxy) is 1. The lowest BCUT2D eigenvalue weighted by Crippen LogP contribution is -2.36. The minimum atomic E-state index is -1.04. The number of carbonyl (C=O) groups is 5. The number of imide groups is 1. The van der Waals surface area contributed by atoms with Gasteiger partial charge in [0.25, 0.3) is 11.1 Å². The molecule has 0 bridgehead atoms. The fraction of sp³-hybridized carbons (Fsp3) is 0.115. The molecule has 2 aromatic carbocycles. The summed E-state index contributed by atoms with van der Waals surface area (Å²) in [5, 5.41) is 11.2. The van der Waals surface area contributed by atoms with Crippen LogP contribution in [0.3, 0.4) is 0 Å². The molecule has 1 saturated heterocycles. The third kappa shape index (κ3) is 5.63. The third-order valence-electron chi connectivity index (χ3n) is 5.47. The fourth-order valence-corrected chi connectivity index (χ4v) is 4.64. The van der Waals surface area contributed by atoms with Crippen LogP contribution in [-0.2, 0) is 14.3 Å². The molecule has 1 aliphatic heterocycles. The van der Waals surface area contributed by atoms with Gasteiger partial charge in [0.2, 0.25) is 5.91 Å². The van der Waals surface area contributed by atoms with Crippen molar-refractivity contribution in [3.63, 3.8) is 0 Å². The van der Waals surface area contributed by atoms with Crippen molar-refractivity contribution >= 4 is 64.1 Å². The van der Waals surface area contributed by atoms with Crippen LogP contribution in [0.4, 0.5) is 10.5 Å². The molecule has 10 nitrogen and oxygen atoms in total. The largest absolute Gasteiger partial charge is 0.478 e. The van der Waals surface area contributed by atoms with E-state index in [4.69, 9.17) is 21.1 Å². The molecule has 1 fully saturated rings. The Morgan fingerprint density at radius 2 is 1.89 bits per heavy atom. The normalized spacial score (nSPS) is 14.2. The van der Waals surface area contributed by atoms with Crippen LogP contribution in [0.5, 0.6) is 0 Å². The van der Waals surface area contributed by atoms with Crippen LogP contribution in [0, 0.1) is 6.92 Å². The number of halogens is 1. The maximum absolute atomic E-state index is 12.8. The Balaban J connectivity index is 1.45. The molecule has 2 N–H and O–H groups in total. The van der Waals surface area contributed by atoms with Gasteiger partial charge in [-0.25, -0.2) is 9.59 Å². The number of carboxylic acids is 1. The number of hydrogen-bond donors (Lipinski definition) is 2. The maximum Gasteiger partial charge on any atom is 0.339 e. The van der Waals surface area contributed by atoms with E-state index in [0.29, 0.717) is 34.4 Å². The van der Waals surface area contributed by atoms with E-state index in [2.05, 4.69) is 10.1 Å². The SMILES string of the molecule is COC(=O)c1cc(NC(=O)CN2C(=O)S/C(=C\c3ccc(-c4ccc(C(=O)O)cc4C)o3)C2=O)ccc1Cl. The van der Waals surface area contributed by atoms with E-state index in [0.717, 1.165) is 4.90 Å². The van der Waals surface area contributed by atoms with Crippen molar-refractivity contribution in [3.8, 4) is 11.3 Å². The molecule has 0 unspecified atom stereocenters. The number of furan rings is 1. The average molecular weight is 555 g/mol. The predicted molar refractivity (Wildman–Crippen MR) is 140 cm³/mol. The zero-order valence-corrected chi connectivity index (χ0v) is 21.5. The standard InChI is InChI=1S/C26H19ClN2O8S/c1-13-9-14(24(32)33)3-6-17(13)20-8-5-16(37-20)11-21-23(31)29(26(35)38-21)12-22(30)28-15-4-7-19(27)18(10-15)25(34)36-2/h3-11H,12H2,1-2H3,(H,28,30)(H,32,33)/b21-11-. The summed E-state index contributed by atoms with van der Waals surface area (Å²) in [5.74, 6) is -2.29. The van der Waals surface area contributed by atoms with Crippen LogP contribution >= 0.6 is 23.4 Å². The summed E-state index contributed by atoms with van der Waals surface area (Å²) in [4.78, 5) is 61.6. The molecule has 0 radical (unpaired) electrons. The number of hydrogen-bond acceptors (Lipinski definition) is 8. The Bertz CT molecular complexity index is 1530. The summed E-state index contributed by atoms with van der Waals surface area (Å²) in [7, 11) is 1.19. The first-order valence-corrected chi connectivity index (χ1v) is 12.1. The van der Waals surface area contributed by atoms with Gasteiger partial charge in [-0.2, -0.15) is 0 Å². The van der Waals surface area contributed by atoms with Gasteiger partial charge in [0.15, 0.2) is 0 Å². The van der Waals surface area contributed by atoms with E-state index in [1.807, 2.05) is 0 Å². The number of anilines is 1. The number of esters is 1. The molecule has 3 amide bonds. The molecule has 0 spiro atoms. The molecule has 0 aliphatic carbocycles. The number of rotatable bonds is 7. The van der Waals surface area contributed by atoms with E-state index >= 15 is 0 Å². The van der Waals surface area contributed by atoms with Crippen LogP contribution in [0.1, 0.15) is 32.0 Å². The minimum Gasteiger partial charge on any atom is -0.478 e. The molecule has 0 saturated carbocycles. The van der Waals surface area contributed by atoms with Gasteiger partial charge in [-0.1, -0.05) is 17.7 Å². The van der Waals surface area contributed by atoms with Gasteiger partial charge in [0.05, 0.1) is 28.2 Å². The van der Waals surface area contributed by atoms with Gasteiger partial charge in [-0.3, -0.25) is 19.3 Å². The number of aromatic carboxylic acids is 1. The van der Waals surface area contributed by atoms with Gasteiger partial charge < -0.3 is 19.6 Å². The maximum atomic E-state index is 12.8. The van der Waals surface area contributed by atoms with Crippen molar-refractivity contribution in [2.45, 2.75) is 6.92 Å². The molecular weight excluding hydrogens is 536 g/mol. The summed E-state index contributed by atoms with van der Waals surface area (Å²) in [6.07, 6.45) is 1.40. The Kier molecular flexibility index (Phi) is 7.70. The number of nitrogens with one attached hydrogen (secondary N) is 1. The van der Waals surface area contributed by atoms with Crippen molar-refractivity contribution in [3.05, 3.63) is 80.9 Å². The highest BCUT2D eigenvalue weighted by molar-refractivity contribution is 8.18. The van der Waals surface area contributed by atoms with E-state index in [9.17, 15) is 24.0 Å². The zero-order valence-electron chi connectivity index (χ0n) is 19.9. The topological polar surface area (TPSA) is 143 Å². The molecule has 1 aliphatic rings. The van der Waals surface area contributed by atoms with E-state index in [1.54, 1.807) is 25.1 Å². The lowest BCUT2D eigenvalue weighted by atomic mass is 10.0.